The molecule has 0 bridgehead atoms. The fourth-order valence-electron chi connectivity index (χ4n) is 1.63. The molecule has 1 aromatic rings. The largest absolute Gasteiger partial charge is 0.396 e. The minimum atomic E-state index is 0.115. The number of hydrogen-bond donors (Lipinski definition) is 2. The van der Waals surface area contributed by atoms with Gasteiger partial charge in [0.05, 0.1) is 6.61 Å². The lowest BCUT2D eigenvalue weighted by atomic mass is 10.2. The smallest absolute Gasteiger partial charge is 0.0540 e. The van der Waals surface area contributed by atoms with Gasteiger partial charge < -0.3 is 10.2 Å². The van der Waals surface area contributed by atoms with E-state index in [1.54, 1.807) is 11.3 Å². The van der Waals surface area contributed by atoms with Crippen LogP contribution in [0.3, 0.4) is 0 Å². The standard InChI is InChI=1S/C14H21NO2S/c1-2-15(8-5-10-17)12-14-13(7-11-18-14)6-3-4-9-16/h7,11,16-17H,2,4-5,8-10,12H2,1H3. The van der Waals surface area contributed by atoms with Gasteiger partial charge in [-0.05, 0) is 24.4 Å². The molecule has 0 spiro atoms. The highest BCUT2D eigenvalue weighted by Crippen LogP contribution is 2.18. The first-order chi connectivity index (χ1) is 8.81. The second-order valence-electron chi connectivity index (χ2n) is 3.98. The van der Waals surface area contributed by atoms with Gasteiger partial charge in [-0.15, -0.1) is 11.3 Å². The number of thiophene rings is 1. The van der Waals surface area contributed by atoms with Crippen molar-refractivity contribution in [2.45, 2.75) is 26.3 Å². The molecular weight excluding hydrogens is 246 g/mol. The van der Waals surface area contributed by atoms with Crippen LogP contribution in [0.2, 0.25) is 0 Å². The van der Waals surface area contributed by atoms with Crippen molar-refractivity contribution in [3.05, 3.63) is 21.9 Å². The molecule has 18 heavy (non-hydrogen) atoms. The Kier molecular flexibility index (Phi) is 7.70. The zero-order valence-corrected chi connectivity index (χ0v) is 11.7. The van der Waals surface area contributed by atoms with Crippen LogP contribution in [-0.2, 0) is 6.54 Å². The minimum absolute atomic E-state index is 0.115. The third-order valence-electron chi connectivity index (χ3n) is 2.65. The molecule has 0 unspecified atom stereocenters. The maximum absolute atomic E-state index is 8.86. The first-order valence-electron chi connectivity index (χ1n) is 6.31. The second-order valence-corrected chi connectivity index (χ2v) is 4.98. The van der Waals surface area contributed by atoms with E-state index in [-0.39, 0.29) is 13.2 Å². The molecule has 0 saturated heterocycles. The SMILES string of the molecule is CCN(CCCO)Cc1sccc1C#CCCO. The lowest BCUT2D eigenvalue weighted by molar-refractivity contribution is 0.226. The maximum Gasteiger partial charge on any atom is 0.0540 e. The highest BCUT2D eigenvalue weighted by atomic mass is 32.1. The molecule has 4 heteroatoms. The van der Waals surface area contributed by atoms with Crippen LogP contribution in [-0.4, -0.2) is 41.4 Å². The van der Waals surface area contributed by atoms with Crippen molar-refractivity contribution in [2.24, 2.45) is 0 Å². The van der Waals surface area contributed by atoms with E-state index in [0.717, 1.165) is 31.6 Å². The summed E-state index contributed by atoms with van der Waals surface area (Å²) in [7, 11) is 0. The number of aliphatic hydroxyl groups excluding tert-OH is 2. The summed E-state index contributed by atoms with van der Waals surface area (Å²) in [6, 6.07) is 2.03. The maximum atomic E-state index is 8.86. The Morgan fingerprint density at radius 2 is 2.17 bits per heavy atom. The zero-order valence-electron chi connectivity index (χ0n) is 10.9. The monoisotopic (exact) mass is 267 g/mol. The molecule has 0 aromatic carbocycles. The Labute approximate surface area is 113 Å². The highest BCUT2D eigenvalue weighted by molar-refractivity contribution is 7.10. The lowest BCUT2D eigenvalue weighted by Crippen LogP contribution is -2.24. The van der Waals surface area contributed by atoms with Gasteiger partial charge in [-0.25, -0.2) is 0 Å². The zero-order chi connectivity index (χ0) is 13.2. The van der Waals surface area contributed by atoms with E-state index in [1.807, 2.05) is 6.07 Å². The molecule has 1 rings (SSSR count). The van der Waals surface area contributed by atoms with Gasteiger partial charge >= 0.3 is 0 Å². The van der Waals surface area contributed by atoms with E-state index in [9.17, 15) is 0 Å². The molecule has 0 aliphatic rings. The van der Waals surface area contributed by atoms with Gasteiger partial charge in [0.2, 0.25) is 0 Å². The molecule has 0 aliphatic heterocycles. The molecule has 100 valence electrons. The van der Waals surface area contributed by atoms with Crippen LogP contribution < -0.4 is 0 Å². The Bertz CT molecular complexity index is 392. The van der Waals surface area contributed by atoms with Gasteiger partial charge in [-0.1, -0.05) is 18.8 Å². The molecule has 3 nitrogen and oxygen atoms in total. The van der Waals surface area contributed by atoms with Crippen LogP contribution in [0.25, 0.3) is 0 Å². The van der Waals surface area contributed by atoms with Crippen molar-refractivity contribution in [3.8, 4) is 11.8 Å². The normalized spacial score (nSPS) is 10.4. The quantitative estimate of drug-likeness (QED) is 0.739. The van der Waals surface area contributed by atoms with E-state index in [4.69, 9.17) is 10.2 Å². The van der Waals surface area contributed by atoms with Gasteiger partial charge in [0.15, 0.2) is 0 Å². The molecular formula is C14H21NO2S. The number of hydrogen-bond acceptors (Lipinski definition) is 4. The van der Waals surface area contributed by atoms with Crippen molar-refractivity contribution >= 4 is 11.3 Å². The van der Waals surface area contributed by atoms with Crippen LogP contribution in [0.15, 0.2) is 11.4 Å². The van der Waals surface area contributed by atoms with Crippen LogP contribution >= 0.6 is 11.3 Å². The van der Waals surface area contributed by atoms with Crippen molar-refractivity contribution in [2.75, 3.05) is 26.3 Å². The topological polar surface area (TPSA) is 43.7 Å². The molecule has 0 atom stereocenters. The summed E-state index contributed by atoms with van der Waals surface area (Å²) in [5.41, 5.74) is 1.07. The van der Waals surface area contributed by atoms with E-state index < -0.39 is 0 Å². The summed E-state index contributed by atoms with van der Waals surface area (Å²) in [5.74, 6) is 6.06. The van der Waals surface area contributed by atoms with Gasteiger partial charge in [-0.3, -0.25) is 4.90 Å². The highest BCUT2D eigenvalue weighted by Gasteiger charge is 2.07. The summed E-state index contributed by atoms with van der Waals surface area (Å²) in [4.78, 5) is 3.57. The molecule has 0 amide bonds. The van der Waals surface area contributed by atoms with Crippen LogP contribution in [0.1, 0.15) is 30.2 Å². The van der Waals surface area contributed by atoms with Crippen LogP contribution in [0.4, 0.5) is 0 Å². The van der Waals surface area contributed by atoms with E-state index >= 15 is 0 Å². The average Bonchev–Trinajstić information content (AvgIpc) is 2.82. The van der Waals surface area contributed by atoms with Crippen molar-refractivity contribution < 1.29 is 10.2 Å². The summed E-state index contributed by atoms with van der Waals surface area (Å²) >= 11 is 1.72. The van der Waals surface area contributed by atoms with Crippen LogP contribution in [0, 0.1) is 11.8 Å². The minimum Gasteiger partial charge on any atom is -0.396 e. The van der Waals surface area contributed by atoms with E-state index in [2.05, 4.69) is 29.0 Å². The van der Waals surface area contributed by atoms with Gasteiger partial charge in [0, 0.05) is 36.6 Å². The van der Waals surface area contributed by atoms with E-state index in [0.29, 0.717) is 6.42 Å². The molecule has 2 N–H and O–H groups in total. The Morgan fingerprint density at radius 1 is 1.33 bits per heavy atom. The van der Waals surface area contributed by atoms with Crippen LogP contribution in [0.5, 0.6) is 0 Å². The molecule has 1 heterocycles. The first kappa shape index (κ1) is 15.2. The molecule has 0 saturated carbocycles. The van der Waals surface area contributed by atoms with E-state index in [1.165, 1.54) is 4.88 Å². The predicted molar refractivity (Wildman–Crippen MR) is 75.6 cm³/mol. The first-order valence-corrected chi connectivity index (χ1v) is 7.19. The molecule has 0 aliphatic carbocycles. The Morgan fingerprint density at radius 3 is 2.83 bits per heavy atom. The number of nitrogens with zero attached hydrogens (tertiary/aromatic N) is 1. The second kappa shape index (κ2) is 9.12. The Hall–Kier alpha value is -0.860. The van der Waals surface area contributed by atoms with Gasteiger partial charge in [0.25, 0.3) is 0 Å². The number of aliphatic hydroxyl groups is 2. The summed E-state index contributed by atoms with van der Waals surface area (Å²) < 4.78 is 0. The molecule has 0 fully saturated rings. The Balaban J connectivity index is 2.61. The lowest BCUT2D eigenvalue weighted by Gasteiger charge is -2.19. The van der Waals surface area contributed by atoms with Crippen molar-refractivity contribution in [3.63, 3.8) is 0 Å². The van der Waals surface area contributed by atoms with Crippen molar-refractivity contribution in [1.29, 1.82) is 0 Å². The fourth-order valence-corrected chi connectivity index (χ4v) is 2.51. The molecule has 1 aromatic heterocycles. The fraction of sp³-hybridized carbons (Fsp3) is 0.571. The summed E-state index contributed by atoms with van der Waals surface area (Å²) in [6.07, 6.45) is 1.34. The third-order valence-corrected chi connectivity index (χ3v) is 3.56. The van der Waals surface area contributed by atoms with Gasteiger partial charge in [-0.2, -0.15) is 0 Å². The average molecular weight is 267 g/mol. The molecule has 0 radical (unpaired) electrons. The number of rotatable bonds is 7. The predicted octanol–water partition coefficient (Wildman–Crippen LogP) is 1.69. The van der Waals surface area contributed by atoms with Crippen molar-refractivity contribution in [1.82, 2.24) is 4.90 Å². The summed E-state index contributed by atoms with van der Waals surface area (Å²) in [5, 5.41) is 19.6. The van der Waals surface area contributed by atoms with Gasteiger partial charge in [0.1, 0.15) is 0 Å². The summed E-state index contributed by atoms with van der Waals surface area (Å²) in [6.45, 7) is 5.25. The third kappa shape index (κ3) is 5.19.